The van der Waals surface area contributed by atoms with Crippen LogP contribution in [0, 0.1) is 10.1 Å². The average molecular weight is 299 g/mol. The second-order valence-electron chi connectivity index (χ2n) is 4.60. The molecule has 22 heavy (non-hydrogen) atoms. The van der Waals surface area contributed by atoms with Crippen molar-refractivity contribution in [1.82, 2.24) is 0 Å². The number of ketones is 1. The van der Waals surface area contributed by atoms with Gasteiger partial charge in [-0.15, -0.1) is 0 Å². The van der Waals surface area contributed by atoms with E-state index in [4.69, 9.17) is 4.74 Å². The Labute approximate surface area is 123 Å². The second kappa shape index (κ2) is 4.88. The van der Waals surface area contributed by atoms with Crippen LogP contribution in [-0.2, 0) is 0 Å². The van der Waals surface area contributed by atoms with Gasteiger partial charge in [0.25, 0.3) is 0 Å². The van der Waals surface area contributed by atoms with Gasteiger partial charge in [0.2, 0.25) is 11.5 Å². The van der Waals surface area contributed by atoms with Crippen molar-refractivity contribution in [3.63, 3.8) is 0 Å². The lowest BCUT2D eigenvalue weighted by atomic mass is 10.1. The Morgan fingerprint density at radius 1 is 1.18 bits per heavy atom. The van der Waals surface area contributed by atoms with Gasteiger partial charge in [-0.25, -0.2) is 0 Å². The summed E-state index contributed by atoms with van der Waals surface area (Å²) in [5, 5.41) is 29.8. The van der Waals surface area contributed by atoms with Crippen LogP contribution in [0.15, 0.2) is 42.2 Å². The number of aromatic hydroxyl groups is 2. The van der Waals surface area contributed by atoms with Gasteiger partial charge in [0, 0.05) is 6.07 Å². The predicted octanol–water partition coefficient (Wildman–Crippen LogP) is 2.62. The van der Waals surface area contributed by atoms with Gasteiger partial charge >= 0.3 is 5.69 Å². The van der Waals surface area contributed by atoms with E-state index < -0.39 is 22.1 Å². The number of carbonyl (C=O) groups excluding carboxylic acids is 1. The molecule has 2 N–H and O–H groups in total. The Morgan fingerprint density at radius 3 is 2.59 bits per heavy atom. The summed E-state index contributed by atoms with van der Waals surface area (Å²) in [6.45, 7) is 0. The first kappa shape index (κ1) is 13.6. The minimum atomic E-state index is -0.830. The lowest BCUT2D eigenvalue weighted by Gasteiger charge is -2.02. The molecule has 0 aliphatic carbocycles. The van der Waals surface area contributed by atoms with Crippen LogP contribution in [0.4, 0.5) is 5.69 Å². The van der Waals surface area contributed by atoms with Crippen LogP contribution in [0.3, 0.4) is 0 Å². The van der Waals surface area contributed by atoms with Gasteiger partial charge in [0.15, 0.2) is 11.5 Å². The molecule has 2 aromatic rings. The monoisotopic (exact) mass is 299 g/mol. The third-order valence-corrected chi connectivity index (χ3v) is 3.16. The molecule has 110 valence electrons. The maximum Gasteiger partial charge on any atom is 0.315 e. The van der Waals surface area contributed by atoms with E-state index in [0.29, 0.717) is 11.3 Å². The molecule has 0 radical (unpaired) electrons. The molecule has 0 saturated heterocycles. The molecule has 1 aliphatic rings. The number of rotatable bonds is 2. The Morgan fingerprint density at radius 2 is 1.91 bits per heavy atom. The predicted molar refractivity (Wildman–Crippen MR) is 75.8 cm³/mol. The summed E-state index contributed by atoms with van der Waals surface area (Å²) in [6, 6.07) is 8.79. The molecule has 2 aromatic carbocycles. The lowest BCUT2D eigenvalue weighted by Crippen LogP contribution is -1.98. The van der Waals surface area contributed by atoms with Crippen molar-refractivity contribution in [2.24, 2.45) is 0 Å². The summed E-state index contributed by atoms with van der Waals surface area (Å²) in [5.41, 5.74) is -0.0979. The number of Topliss-reactive ketones (excluding diaryl/α,β-unsaturated/α-hetero) is 1. The quantitative estimate of drug-likeness (QED) is 0.382. The van der Waals surface area contributed by atoms with Crippen molar-refractivity contribution >= 4 is 17.5 Å². The van der Waals surface area contributed by atoms with Crippen molar-refractivity contribution in [2.75, 3.05) is 0 Å². The van der Waals surface area contributed by atoms with E-state index in [1.54, 1.807) is 24.3 Å². The van der Waals surface area contributed by atoms with Crippen LogP contribution >= 0.6 is 0 Å². The van der Waals surface area contributed by atoms with Crippen molar-refractivity contribution in [3.05, 3.63) is 63.4 Å². The maximum atomic E-state index is 12.1. The highest BCUT2D eigenvalue weighted by atomic mass is 16.6. The molecular formula is C15H9NO6. The van der Waals surface area contributed by atoms with Gasteiger partial charge in [-0.05, 0) is 29.8 Å². The third-order valence-electron chi connectivity index (χ3n) is 3.16. The topological polar surface area (TPSA) is 110 Å². The molecule has 0 atom stereocenters. The fraction of sp³-hybridized carbons (Fsp3) is 0. The Bertz CT molecular complexity index is 840. The van der Waals surface area contributed by atoms with Crippen LogP contribution in [0.5, 0.6) is 17.2 Å². The molecule has 1 heterocycles. The summed E-state index contributed by atoms with van der Waals surface area (Å²) in [4.78, 5) is 22.1. The van der Waals surface area contributed by atoms with Crippen LogP contribution in [0.1, 0.15) is 15.9 Å². The van der Waals surface area contributed by atoms with Gasteiger partial charge in [0.1, 0.15) is 5.75 Å². The Hall–Kier alpha value is -3.35. The van der Waals surface area contributed by atoms with E-state index in [-0.39, 0.29) is 17.1 Å². The highest BCUT2D eigenvalue weighted by molar-refractivity contribution is 6.14. The first-order valence-electron chi connectivity index (χ1n) is 6.21. The van der Waals surface area contributed by atoms with E-state index in [1.807, 2.05) is 0 Å². The SMILES string of the molecule is O=C1C(=Cc2cc(O)c(O)c([N+](=O)[O-])c2)Oc2ccccc21. The number of nitrogens with zero attached hydrogens (tertiary/aromatic N) is 1. The number of allylic oxidation sites excluding steroid dienone is 1. The molecule has 0 amide bonds. The maximum absolute atomic E-state index is 12.1. The molecule has 0 bridgehead atoms. The summed E-state index contributed by atoms with van der Waals surface area (Å²) in [6.07, 6.45) is 1.27. The molecule has 0 saturated carbocycles. The van der Waals surface area contributed by atoms with E-state index >= 15 is 0 Å². The fourth-order valence-corrected chi connectivity index (χ4v) is 2.13. The molecule has 0 unspecified atom stereocenters. The van der Waals surface area contributed by atoms with Gasteiger partial charge in [-0.1, -0.05) is 12.1 Å². The number of hydrogen-bond donors (Lipinski definition) is 2. The number of fused-ring (bicyclic) bond motifs is 1. The summed E-state index contributed by atoms with van der Waals surface area (Å²) in [7, 11) is 0. The molecule has 0 spiro atoms. The molecule has 0 fully saturated rings. The number of phenols is 2. The van der Waals surface area contributed by atoms with E-state index in [1.165, 1.54) is 6.08 Å². The van der Waals surface area contributed by atoms with Crippen LogP contribution in [0.2, 0.25) is 0 Å². The zero-order chi connectivity index (χ0) is 15.9. The molecule has 7 heteroatoms. The second-order valence-corrected chi connectivity index (χ2v) is 4.60. The molecule has 0 aromatic heterocycles. The Kier molecular flexibility index (Phi) is 3.03. The number of nitro benzene ring substituents is 1. The number of para-hydroxylation sites is 1. The van der Waals surface area contributed by atoms with Crippen LogP contribution in [-0.4, -0.2) is 20.9 Å². The highest BCUT2D eigenvalue weighted by Crippen LogP contribution is 2.37. The molecule has 7 nitrogen and oxygen atoms in total. The number of phenolic OH excluding ortho intramolecular Hbond substituents is 2. The molecule has 3 rings (SSSR count). The first-order chi connectivity index (χ1) is 10.5. The number of hydrogen-bond acceptors (Lipinski definition) is 6. The summed E-state index contributed by atoms with van der Waals surface area (Å²) < 4.78 is 5.39. The smallest absolute Gasteiger partial charge is 0.315 e. The average Bonchev–Trinajstić information content (AvgIpc) is 2.79. The van der Waals surface area contributed by atoms with Crippen LogP contribution in [0.25, 0.3) is 6.08 Å². The van der Waals surface area contributed by atoms with Crippen molar-refractivity contribution in [1.29, 1.82) is 0 Å². The minimum Gasteiger partial charge on any atom is -0.504 e. The zero-order valence-corrected chi connectivity index (χ0v) is 11.0. The molecule has 1 aliphatic heterocycles. The fourth-order valence-electron chi connectivity index (χ4n) is 2.13. The van der Waals surface area contributed by atoms with Crippen LogP contribution < -0.4 is 4.74 Å². The molecular weight excluding hydrogens is 290 g/mol. The van der Waals surface area contributed by atoms with E-state index in [9.17, 15) is 25.1 Å². The van der Waals surface area contributed by atoms with Gasteiger partial charge < -0.3 is 14.9 Å². The standard InChI is InChI=1S/C15H9NO6/c17-11-6-8(5-10(15(11)19)16(20)21)7-13-14(18)9-3-1-2-4-12(9)22-13/h1-7,17,19H. The largest absolute Gasteiger partial charge is 0.504 e. The van der Waals surface area contributed by atoms with Gasteiger partial charge in [-0.2, -0.15) is 0 Å². The number of carbonyl (C=O) groups is 1. The van der Waals surface area contributed by atoms with Crippen molar-refractivity contribution < 1.29 is 24.7 Å². The zero-order valence-electron chi connectivity index (χ0n) is 11.0. The number of benzene rings is 2. The minimum absolute atomic E-state index is 0.0133. The van der Waals surface area contributed by atoms with E-state index in [2.05, 4.69) is 0 Å². The Balaban J connectivity index is 2.04. The normalized spacial score (nSPS) is 14.7. The first-order valence-corrected chi connectivity index (χ1v) is 6.21. The van der Waals surface area contributed by atoms with Crippen molar-refractivity contribution in [2.45, 2.75) is 0 Å². The number of nitro groups is 1. The van der Waals surface area contributed by atoms with Gasteiger partial charge in [-0.3, -0.25) is 14.9 Å². The van der Waals surface area contributed by atoms with Gasteiger partial charge in [0.05, 0.1) is 10.5 Å². The van der Waals surface area contributed by atoms with Crippen molar-refractivity contribution in [3.8, 4) is 17.2 Å². The summed E-state index contributed by atoms with van der Waals surface area (Å²) >= 11 is 0. The van der Waals surface area contributed by atoms with E-state index in [0.717, 1.165) is 12.1 Å². The number of ether oxygens (including phenoxy) is 1. The summed E-state index contributed by atoms with van der Waals surface area (Å²) in [5.74, 6) is -1.44. The third kappa shape index (κ3) is 2.14. The lowest BCUT2D eigenvalue weighted by molar-refractivity contribution is -0.386. The highest BCUT2D eigenvalue weighted by Gasteiger charge is 2.27.